The van der Waals surface area contributed by atoms with Crippen molar-refractivity contribution in [1.82, 2.24) is 5.32 Å². The molecule has 31 heavy (non-hydrogen) atoms. The Hall–Kier alpha value is -3.72. The van der Waals surface area contributed by atoms with Gasteiger partial charge in [-0.2, -0.15) is 4.99 Å². The molecule has 1 unspecified atom stereocenters. The lowest BCUT2D eigenvalue weighted by Gasteiger charge is -2.16. The van der Waals surface area contributed by atoms with Gasteiger partial charge in [-0.05, 0) is 49.5 Å². The van der Waals surface area contributed by atoms with Crippen molar-refractivity contribution in [3.8, 4) is 17.2 Å². The second kappa shape index (κ2) is 11.5. The molecule has 0 aliphatic carbocycles. The molecule has 0 heterocycles. The average Bonchev–Trinajstić information content (AvgIpc) is 2.73. The summed E-state index contributed by atoms with van der Waals surface area (Å²) in [5.74, 6) is -1.04. The number of carbonyl (C=O) groups is 2. The summed E-state index contributed by atoms with van der Waals surface area (Å²) < 4.78 is 30.6. The Kier molecular flexibility index (Phi) is 8.71. The average molecular weight is 429 g/mol. The molecule has 1 amide bonds. The summed E-state index contributed by atoms with van der Waals surface area (Å²) in [4.78, 5) is 27.2. The highest BCUT2D eigenvalue weighted by molar-refractivity contribution is 6.06. The third-order valence-corrected chi connectivity index (χ3v) is 3.84. The Morgan fingerprint density at radius 1 is 1.26 bits per heavy atom. The number of amides is 1. The number of nitrogens with zero attached hydrogens (tertiary/aromatic N) is 1. The lowest BCUT2D eigenvalue weighted by atomic mass is 10.2. The Labute approximate surface area is 179 Å². The van der Waals surface area contributed by atoms with Gasteiger partial charge in [-0.1, -0.05) is 0 Å². The summed E-state index contributed by atoms with van der Waals surface area (Å²) in [6.07, 6.45) is 3.16. The van der Waals surface area contributed by atoms with Gasteiger partial charge in [0.25, 0.3) is 5.91 Å². The molecule has 0 aliphatic heterocycles. The highest BCUT2D eigenvalue weighted by Gasteiger charge is 2.14. The molecule has 1 atom stereocenters. The Morgan fingerprint density at radius 3 is 2.65 bits per heavy atom. The zero-order valence-corrected chi connectivity index (χ0v) is 17.4. The molecule has 8 nitrogen and oxygen atoms in total. The molecular formula is C22H24FN3O5. The highest BCUT2D eigenvalue weighted by atomic mass is 19.1. The number of hydrogen-bond acceptors (Lipinski definition) is 6. The molecule has 2 aromatic carbocycles. The summed E-state index contributed by atoms with van der Waals surface area (Å²) in [6.45, 7) is 2.10. The number of benzene rings is 2. The molecule has 0 fully saturated rings. The van der Waals surface area contributed by atoms with Crippen molar-refractivity contribution in [2.24, 2.45) is 10.7 Å². The minimum absolute atomic E-state index is 0.00335. The van der Waals surface area contributed by atoms with E-state index in [9.17, 15) is 14.0 Å². The van der Waals surface area contributed by atoms with Crippen LogP contribution in [0.25, 0.3) is 0 Å². The number of methoxy groups -OCH3 is 1. The minimum atomic E-state index is -0.726. The summed E-state index contributed by atoms with van der Waals surface area (Å²) >= 11 is 0. The van der Waals surface area contributed by atoms with Crippen molar-refractivity contribution in [3.05, 3.63) is 65.6 Å². The zero-order valence-electron chi connectivity index (χ0n) is 17.4. The molecule has 0 aliphatic rings. The lowest BCUT2D eigenvalue weighted by Crippen LogP contribution is -2.18. The van der Waals surface area contributed by atoms with E-state index in [2.05, 4.69) is 10.3 Å². The Balaban J connectivity index is 2.40. The standard InChI is InChI=1S/C22H24FN3O5/c1-14(13-29-3)30-17-9-16(22(28)26-21(24)6-7-25-2)10-18(11-17)31-20-5-4-15(12-27)8-19(20)23/h4-12,14,25H,13H2,1-3H3,(H2,24,26,28)/b7-6-. The van der Waals surface area contributed by atoms with E-state index >= 15 is 0 Å². The zero-order chi connectivity index (χ0) is 22.8. The largest absolute Gasteiger partial charge is 0.488 e. The number of carbonyl (C=O) groups excluding carboxylic acids is 2. The molecule has 0 spiro atoms. The van der Waals surface area contributed by atoms with Crippen molar-refractivity contribution >= 4 is 18.0 Å². The first kappa shape index (κ1) is 23.6. The molecule has 2 rings (SSSR count). The van der Waals surface area contributed by atoms with Crippen LogP contribution in [-0.4, -0.2) is 44.9 Å². The van der Waals surface area contributed by atoms with Crippen LogP contribution in [0, 0.1) is 5.82 Å². The number of aldehydes is 1. The number of nitrogens with two attached hydrogens (primary N) is 1. The highest BCUT2D eigenvalue weighted by Crippen LogP contribution is 2.30. The van der Waals surface area contributed by atoms with Crippen LogP contribution in [0.1, 0.15) is 27.6 Å². The first-order valence-corrected chi connectivity index (χ1v) is 9.31. The van der Waals surface area contributed by atoms with E-state index < -0.39 is 11.7 Å². The van der Waals surface area contributed by atoms with Gasteiger partial charge in [-0.3, -0.25) is 9.59 Å². The van der Waals surface area contributed by atoms with Gasteiger partial charge in [0.15, 0.2) is 11.6 Å². The van der Waals surface area contributed by atoms with Gasteiger partial charge in [-0.25, -0.2) is 4.39 Å². The van der Waals surface area contributed by atoms with Crippen molar-refractivity contribution in [1.29, 1.82) is 0 Å². The van der Waals surface area contributed by atoms with Gasteiger partial charge >= 0.3 is 0 Å². The van der Waals surface area contributed by atoms with Crippen molar-refractivity contribution in [2.75, 3.05) is 20.8 Å². The third kappa shape index (κ3) is 7.23. The normalized spacial score (nSPS) is 12.5. The molecule has 0 aromatic heterocycles. The van der Waals surface area contributed by atoms with Crippen molar-refractivity contribution in [3.63, 3.8) is 0 Å². The topological polar surface area (TPSA) is 112 Å². The van der Waals surface area contributed by atoms with Crippen LogP contribution < -0.4 is 20.5 Å². The fraction of sp³-hybridized carbons (Fsp3) is 0.227. The fourth-order valence-electron chi connectivity index (χ4n) is 2.51. The molecule has 0 saturated carbocycles. The first-order chi connectivity index (χ1) is 14.9. The van der Waals surface area contributed by atoms with Crippen LogP contribution in [0.15, 0.2) is 53.7 Å². The fourth-order valence-corrected chi connectivity index (χ4v) is 2.51. The van der Waals surface area contributed by atoms with Gasteiger partial charge in [-0.15, -0.1) is 0 Å². The smallest absolute Gasteiger partial charge is 0.279 e. The van der Waals surface area contributed by atoms with Crippen molar-refractivity contribution in [2.45, 2.75) is 13.0 Å². The van der Waals surface area contributed by atoms with Crippen LogP contribution in [0.5, 0.6) is 17.2 Å². The van der Waals surface area contributed by atoms with E-state index in [4.69, 9.17) is 19.9 Å². The Morgan fingerprint density at radius 2 is 2.00 bits per heavy atom. The van der Waals surface area contributed by atoms with Crippen LogP contribution in [0.2, 0.25) is 0 Å². The lowest BCUT2D eigenvalue weighted by molar-refractivity contribution is 0.0915. The molecule has 9 heteroatoms. The van der Waals surface area contributed by atoms with Gasteiger partial charge in [0.2, 0.25) is 0 Å². The summed E-state index contributed by atoms with van der Waals surface area (Å²) in [7, 11) is 3.22. The quantitative estimate of drug-likeness (QED) is 0.339. The van der Waals surface area contributed by atoms with E-state index in [1.54, 1.807) is 14.0 Å². The molecule has 164 valence electrons. The molecule has 0 bridgehead atoms. The molecule has 2 aromatic rings. The monoisotopic (exact) mass is 429 g/mol. The molecular weight excluding hydrogens is 405 g/mol. The number of aliphatic imine (C=N–C) groups is 1. The van der Waals surface area contributed by atoms with Crippen LogP contribution >= 0.6 is 0 Å². The number of hydrogen-bond donors (Lipinski definition) is 2. The molecule has 0 saturated heterocycles. The predicted molar refractivity (Wildman–Crippen MR) is 114 cm³/mol. The van der Waals surface area contributed by atoms with Crippen molar-refractivity contribution < 1.29 is 28.2 Å². The third-order valence-electron chi connectivity index (χ3n) is 3.84. The Bertz CT molecular complexity index is 991. The van der Waals surface area contributed by atoms with Gasteiger partial charge in [0.05, 0.1) is 6.61 Å². The minimum Gasteiger partial charge on any atom is -0.488 e. The summed E-state index contributed by atoms with van der Waals surface area (Å²) in [5, 5.41) is 2.74. The second-order valence-electron chi connectivity index (χ2n) is 6.45. The summed E-state index contributed by atoms with van der Waals surface area (Å²) in [5.41, 5.74) is 6.01. The maximum Gasteiger partial charge on any atom is 0.279 e. The van der Waals surface area contributed by atoms with Gasteiger partial charge in [0.1, 0.15) is 29.7 Å². The first-order valence-electron chi connectivity index (χ1n) is 9.31. The predicted octanol–water partition coefficient (Wildman–Crippen LogP) is 3.07. The number of ether oxygens (including phenoxy) is 3. The number of halogens is 1. The maximum atomic E-state index is 14.2. The van der Waals surface area contributed by atoms with E-state index in [0.29, 0.717) is 18.6 Å². The van der Waals surface area contributed by atoms with Gasteiger partial charge < -0.3 is 25.3 Å². The molecule has 0 radical (unpaired) electrons. The molecule has 3 N–H and O–H groups in total. The SMILES string of the molecule is CN/C=C\C(N)=NC(=O)c1cc(Oc2ccc(C=O)cc2F)cc(OC(C)COC)c1. The van der Waals surface area contributed by atoms with Crippen LogP contribution in [0.4, 0.5) is 4.39 Å². The summed E-state index contributed by atoms with van der Waals surface area (Å²) in [6, 6.07) is 8.16. The number of nitrogens with one attached hydrogen (secondary N) is 1. The van der Waals surface area contributed by atoms with Crippen LogP contribution in [0.3, 0.4) is 0 Å². The number of rotatable bonds is 10. The van der Waals surface area contributed by atoms with E-state index in [-0.39, 0.29) is 34.6 Å². The van der Waals surface area contributed by atoms with Gasteiger partial charge in [0, 0.05) is 31.4 Å². The van der Waals surface area contributed by atoms with E-state index in [1.807, 2.05) is 0 Å². The maximum absolute atomic E-state index is 14.2. The number of amidine groups is 1. The van der Waals surface area contributed by atoms with E-state index in [0.717, 1.165) is 6.07 Å². The second-order valence-corrected chi connectivity index (χ2v) is 6.45. The van der Waals surface area contributed by atoms with E-state index in [1.165, 1.54) is 49.7 Å². The van der Waals surface area contributed by atoms with Crippen LogP contribution in [-0.2, 0) is 4.74 Å².